The molecule has 5 nitrogen and oxygen atoms in total. The molecule has 1 saturated heterocycles. The lowest BCUT2D eigenvalue weighted by Crippen LogP contribution is -2.66. The molecule has 1 fully saturated rings. The van der Waals surface area contributed by atoms with Crippen LogP contribution in [0.1, 0.15) is 17.3 Å². The number of pyridine rings is 1. The van der Waals surface area contributed by atoms with E-state index in [4.69, 9.17) is 5.73 Å². The van der Waals surface area contributed by atoms with E-state index in [0.717, 1.165) is 5.52 Å². The minimum absolute atomic E-state index is 0.00845. The van der Waals surface area contributed by atoms with E-state index in [-0.39, 0.29) is 11.4 Å². The maximum absolute atomic E-state index is 12.2. The van der Waals surface area contributed by atoms with Gasteiger partial charge in [0, 0.05) is 24.8 Å². The molecule has 5 heteroatoms. The average Bonchev–Trinajstić information content (AvgIpc) is 2.68. The highest BCUT2D eigenvalue weighted by Crippen LogP contribution is 2.21. The third kappa shape index (κ3) is 1.59. The summed E-state index contributed by atoms with van der Waals surface area (Å²) in [5.41, 5.74) is 7.14. The minimum atomic E-state index is -0.237. The van der Waals surface area contributed by atoms with Gasteiger partial charge in [-0.05, 0) is 19.1 Å². The molecule has 0 aliphatic carbocycles. The Morgan fingerprint density at radius 2 is 2.24 bits per heavy atom. The smallest absolute Gasteiger partial charge is 0.257 e. The highest BCUT2D eigenvalue weighted by Gasteiger charge is 2.38. The Hall–Kier alpha value is -1.88. The molecule has 88 valence electrons. The van der Waals surface area contributed by atoms with Crippen LogP contribution in [0.2, 0.25) is 0 Å². The Kier molecular flexibility index (Phi) is 2.00. The van der Waals surface area contributed by atoms with Crippen molar-refractivity contribution < 1.29 is 4.79 Å². The van der Waals surface area contributed by atoms with Gasteiger partial charge in [0.1, 0.15) is 0 Å². The van der Waals surface area contributed by atoms with E-state index < -0.39 is 0 Å². The molecule has 0 unspecified atom stereocenters. The zero-order valence-corrected chi connectivity index (χ0v) is 9.63. The largest absolute Gasteiger partial charge is 0.335 e. The third-order valence-electron chi connectivity index (χ3n) is 3.05. The second-order valence-electron chi connectivity index (χ2n) is 4.90. The summed E-state index contributed by atoms with van der Waals surface area (Å²) in [7, 11) is 0. The molecule has 2 N–H and O–H groups in total. The van der Waals surface area contributed by atoms with E-state index in [1.54, 1.807) is 15.6 Å². The van der Waals surface area contributed by atoms with Crippen molar-refractivity contribution in [1.82, 2.24) is 14.5 Å². The van der Waals surface area contributed by atoms with Gasteiger partial charge in [0.25, 0.3) is 5.91 Å². The van der Waals surface area contributed by atoms with Crippen molar-refractivity contribution in [2.45, 2.75) is 12.5 Å². The van der Waals surface area contributed by atoms with Crippen molar-refractivity contribution in [1.29, 1.82) is 0 Å². The predicted octanol–water partition coefficient (Wildman–Crippen LogP) is 0.507. The molecule has 0 saturated carbocycles. The van der Waals surface area contributed by atoms with Gasteiger partial charge < -0.3 is 10.6 Å². The molecule has 2 aromatic rings. The van der Waals surface area contributed by atoms with Gasteiger partial charge in [-0.2, -0.15) is 5.10 Å². The fourth-order valence-corrected chi connectivity index (χ4v) is 2.24. The van der Waals surface area contributed by atoms with Gasteiger partial charge in [-0.15, -0.1) is 0 Å². The molecule has 3 heterocycles. The molecule has 0 bridgehead atoms. The number of amides is 1. The van der Waals surface area contributed by atoms with Crippen molar-refractivity contribution in [3.63, 3.8) is 0 Å². The average molecular weight is 230 g/mol. The molecular formula is C12H14N4O. The van der Waals surface area contributed by atoms with Gasteiger partial charge in [0.2, 0.25) is 0 Å². The Labute approximate surface area is 98.8 Å². The second-order valence-corrected chi connectivity index (χ2v) is 4.90. The Morgan fingerprint density at radius 3 is 2.94 bits per heavy atom. The number of carbonyl (C=O) groups excluding carboxylic acids is 1. The first kappa shape index (κ1) is 10.3. The van der Waals surface area contributed by atoms with E-state index in [1.807, 2.05) is 31.3 Å². The van der Waals surface area contributed by atoms with Crippen LogP contribution in [0.5, 0.6) is 0 Å². The van der Waals surface area contributed by atoms with Gasteiger partial charge in [0.05, 0.1) is 17.3 Å². The molecule has 1 aliphatic rings. The van der Waals surface area contributed by atoms with Gasteiger partial charge in [-0.3, -0.25) is 4.79 Å². The minimum Gasteiger partial charge on any atom is -0.335 e. The van der Waals surface area contributed by atoms with Crippen LogP contribution in [0.3, 0.4) is 0 Å². The highest BCUT2D eigenvalue weighted by molar-refractivity contribution is 6.01. The lowest BCUT2D eigenvalue weighted by molar-refractivity contribution is 0.0455. The zero-order chi connectivity index (χ0) is 12.0. The van der Waals surface area contributed by atoms with E-state index in [9.17, 15) is 4.79 Å². The van der Waals surface area contributed by atoms with E-state index in [2.05, 4.69) is 5.10 Å². The first-order chi connectivity index (χ1) is 8.07. The van der Waals surface area contributed by atoms with Crippen LogP contribution in [-0.2, 0) is 0 Å². The summed E-state index contributed by atoms with van der Waals surface area (Å²) >= 11 is 0. The number of likely N-dealkylation sites (tertiary alicyclic amines) is 1. The molecule has 3 rings (SSSR count). The van der Waals surface area contributed by atoms with Gasteiger partial charge in [0.15, 0.2) is 0 Å². The Morgan fingerprint density at radius 1 is 1.47 bits per heavy atom. The Bertz CT molecular complexity index is 579. The number of nitrogens with two attached hydrogens (primary N) is 1. The maximum atomic E-state index is 12.2. The van der Waals surface area contributed by atoms with E-state index >= 15 is 0 Å². The molecule has 2 aromatic heterocycles. The summed E-state index contributed by atoms with van der Waals surface area (Å²) in [5.74, 6) is 0.00845. The van der Waals surface area contributed by atoms with Crippen LogP contribution < -0.4 is 5.73 Å². The van der Waals surface area contributed by atoms with Gasteiger partial charge >= 0.3 is 0 Å². The maximum Gasteiger partial charge on any atom is 0.257 e. The number of hydrogen-bond donors (Lipinski definition) is 1. The normalized spacial score (nSPS) is 18.1. The van der Waals surface area contributed by atoms with Gasteiger partial charge in [-0.1, -0.05) is 6.07 Å². The highest BCUT2D eigenvalue weighted by atomic mass is 16.2. The van der Waals surface area contributed by atoms with Crippen LogP contribution in [0.15, 0.2) is 30.6 Å². The Balaban J connectivity index is 1.92. The van der Waals surface area contributed by atoms with Crippen molar-refractivity contribution in [2.75, 3.05) is 13.1 Å². The van der Waals surface area contributed by atoms with Crippen LogP contribution in [-0.4, -0.2) is 39.0 Å². The summed E-state index contributed by atoms with van der Waals surface area (Å²) < 4.78 is 1.70. The molecule has 0 aromatic carbocycles. The third-order valence-corrected chi connectivity index (χ3v) is 3.05. The molecule has 0 atom stereocenters. The summed E-state index contributed by atoms with van der Waals surface area (Å²) in [6.07, 6.45) is 3.44. The van der Waals surface area contributed by atoms with Gasteiger partial charge in [-0.25, -0.2) is 4.52 Å². The molecule has 1 amide bonds. The molecule has 0 radical (unpaired) electrons. The summed E-state index contributed by atoms with van der Waals surface area (Å²) in [6.45, 7) is 3.17. The van der Waals surface area contributed by atoms with Crippen LogP contribution in [0.25, 0.3) is 5.52 Å². The van der Waals surface area contributed by atoms with Crippen LogP contribution >= 0.6 is 0 Å². The lowest BCUT2D eigenvalue weighted by Gasteiger charge is -2.45. The second kappa shape index (κ2) is 3.30. The molecular weight excluding hydrogens is 216 g/mol. The van der Waals surface area contributed by atoms with Crippen LogP contribution in [0, 0.1) is 0 Å². The summed E-state index contributed by atoms with van der Waals surface area (Å²) in [6, 6.07) is 5.67. The topological polar surface area (TPSA) is 63.6 Å². The van der Waals surface area contributed by atoms with Crippen molar-refractivity contribution in [3.05, 3.63) is 36.2 Å². The monoisotopic (exact) mass is 230 g/mol. The fourth-order valence-electron chi connectivity index (χ4n) is 2.24. The summed E-state index contributed by atoms with van der Waals surface area (Å²) in [4.78, 5) is 14.0. The van der Waals surface area contributed by atoms with Crippen molar-refractivity contribution in [2.24, 2.45) is 5.73 Å². The summed E-state index contributed by atoms with van der Waals surface area (Å²) in [5, 5.41) is 4.15. The zero-order valence-electron chi connectivity index (χ0n) is 9.63. The SMILES string of the molecule is CC1(N)CN(C(=O)c2cnn3ccccc23)C1. The number of carbonyl (C=O) groups is 1. The van der Waals surface area contributed by atoms with Crippen molar-refractivity contribution >= 4 is 11.4 Å². The van der Waals surface area contributed by atoms with E-state index in [1.165, 1.54) is 0 Å². The predicted molar refractivity (Wildman–Crippen MR) is 63.7 cm³/mol. The molecule has 0 spiro atoms. The number of nitrogens with zero attached hydrogens (tertiary/aromatic N) is 3. The number of fused-ring (bicyclic) bond motifs is 1. The standard InChI is InChI=1S/C12H14N4O/c1-12(13)7-15(8-12)11(17)9-6-14-16-5-3-2-4-10(9)16/h2-6H,7-8,13H2,1H3. The van der Waals surface area contributed by atoms with Crippen molar-refractivity contribution in [3.8, 4) is 0 Å². The van der Waals surface area contributed by atoms with E-state index in [0.29, 0.717) is 18.7 Å². The number of rotatable bonds is 1. The first-order valence-corrected chi connectivity index (χ1v) is 5.57. The number of aromatic nitrogens is 2. The lowest BCUT2D eigenvalue weighted by atomic mass is 9.93. The van der Waals surface area contributed by atoms with Crippen LogP contribution in [0.4, 0.5) is 0 Å². The quantitative estimate of drug-likeness (QED) is 0.776. The fraction of sp³-hybridized carbons (Fsp3) is 0.333. The first-order valence-electron chi connectivity index (χ1n) is 5.57. The molecule has 1 aliphatic heterocycles. The number of hydrogen-bond acceptors (Lipinski definition) is 3. The molecule has 17 heavy (non-hydrogen) atoms.